The molecule has 1 unspecified atom stereocenters. The molecular formula is C23H26O3S. The number of para-hydroxylation sites is 1. The number of carbonyl (C=O) groups is 1. The molecule has 3 rings (SSSR count). The first-order valence-electron chi connectivity index (χ1n) is 9.18. The first-order valence-corrected chi connectivity index (χ1v) is 9.59. The molecule has 0 bridgehead atoms. The Kier molecular flexibility index (Phi) is 5.13. The maximum absolute atomic E-state index is 12.8. The zero-order valence-corrected chi connectivity index (χ0v) is 17.3. The number of rotatable bonds is 6. The van der Waals surface area contributed by atoms with Crippen molar-refractivity contribution in [2.75, 3.05) is 0 Å². The number of hydrogen-bond donors (Lipinski definition) is 0. The van der Waals surface area contributed by atoms with Crippen molar-refractivity contribution in [3.63, 3.8) is 0 Å². The number of ether oxygens (including phenoxy) is 2. The second-order valence-corrected chi connectivity index (χ2v) is 8.94. The lowest BCUT2D eigenvalue weighted by atomic mass is 10.0. The van der Waals surface area contributed by atoms with E-state index >= 15 is 0 Å². The van der Waals surface area contributed by atoms with Crippen LogP contribution in [0.1, 0.15) is 46.3 Å². The van der Waals surface area contributed by atoms with E-state index in [-0.39, 0.29) is 22.7 Å². The molecule has 0 radical (unpaired) electrons. The number of thiocarbonyl (C=S) groups is 1. The van der Waals surface area contributed by atoms with Gasteiger partial charge in [-0.3, -0.25) is 4.79 Å². The predicted octanol–water partition coefficient (Wildman–Crippen LogP) is 6.14. The van der Waals surface area contributed by atoms with Crippen LogP contribution in [-0.4, -0.2) is 10.8 Å². The Morgan fingerprint density at radius 3 is 2.11 bits per heavy atom. The van der Waals surface area contributed by atoms with E-state index in [0.29, 0.717) is 10.6 Å². The SMILES string of the molecule is CC(=S)C(OC(=O)C1C(C)(C)C1(C)C)c1cccc(Oc2ccccc2)c1. The molecule has 142 valence electrons. The van der Waals surface area contributed by atoms with Crippen molar-refractivity contribution in [3.05, 3.63) is 60.2 Å². The Bertz CT molecular complexity index is 841. The highest BCUT2D eigenvalue weighted by Crippen LogP contribution is 2.68. The summed E-state index contributed by atoms with van der Waals surface area (Å²) in [6.45, 7) is 10.2. The Balaban J connectivity index is 1.79. The van der Waals surface area contributed by atoms with Gasteiger partial charge in [-0.1, -0.05) is 70.2 Å². The fraction of sp³-hybridized carbons (Fsp3) is 0.391. The van der Waals surface area contributed by atoms with Crippen LogP contribution < -0.4 is 4.74 Å². The Morgan fingerprint density at radius 1 is 0.963 bits per heavy atom. The number of esters is 1. The van der Waals surface area contributed by atoms with E-state index in [2.05, 4.69) is 27.7 Å². The molecule has 1 atom stereocenters. The van der Waals surface area contributed by atoms with E-state index in [1.807, 2.05) is 54.6 Å². The van der Waals surface area contributed by atoms with Crippen LogP contribution in [0.3, 0.4) is 0 Å². The number of carbonyl (C=O) groups excluding carboxylic acids is 1. The summed E-state index contributed by atoms with van der Waals surface area (Å²) < 4.78 is 11.8. The fourth-order valence-corrected chi connectivity index (χ4v) is 3.91. The van der Waals surface area contributed by atoms with Gasteiger partial charge in [-0.25, -0.2) is 0 Å². The Morgan fingerprint density at radius 2 is 1.56 bits per heavy atom. The summed E-state index contributed by atoms with van der Waals surface area (Å²) in [6, 6.07) is 17.1. The minimum absolute atomic E-state index is 0.0672. The number of hydrogen-bond acceptors (Lipinski definition) is 4. The van der Waals surface area contributed by atoms with E-state index in [0.717, 1.165) is 11.3 Å². The van der Waals surface area contributed by atoms with Crippen LogP contribution in [0.5, 0.6) is 11.5 Å². The van der Waals surface area contributed by atoms with Gasteiger partial charge in [-0.05, 0) is 42.0 Å². The Labute approximate surface area is 166 Å². The average Bonchev–Trinajstić information content (AvgIpc) is 3.02. The highest BCUT2D eigenvalue weighted by Gasteiger charge is 2.69. The van der Waals surface area contributed by atoms with Gasteiger partial charge in [-0.2, -0.15) is 0 Å². The first kappa shape index (κ1) is 19.6. The molecule has 1 saturated carbocycles. The molecule has 1 fully saturated rings. The van der Waals surface area contributed by atoms with E-state index in [4.69, 9.17) is 21.7 Å². The zero-order valence-electron chi connectivity index (χ0n) is 16.5. The highest BCUT2D eigenvalue weighted by atomic mass is 32.1. The van der Waals surface area contributed by atoms with Crippen LogP contribution >= 0.6 is 12.2 Å². The van der Waals surface area contributed by atoms with Crippen molar-refractivity contribution in [2.45, 2.75) is 40.7 Å². The van der Waals surface area contributed by atoms with E-state index in [1.54, 1.807) is 6.92 Å². The summed E-state index contributed by atoms with van der Waals surface area (Å²) in [6.07, 6.45) is -0.556. The summed E-state index contributed by atoms with van der Waals surface area (Å²) in [5, 5.41) is 0. The summed E-state index contributed by atoms with van der Waals surface area (Å²) in [7, 11) is 0. The molecule has 1 aliphatic carbocycles. The van der Waals surface area contributed by atoms with Gasteiger partial charge in [0.05, 0.1) is 5.92 Å². The maximum Gasteiger partial charge on any atom is 0.311 e. The molecule has 0 amide bonds. The lowest BCUT2D eigenvalue weighted by Crippen LogP contribution is -2.20. The molecule has 0 aliphatic heterocycles. The van der Waals surface area contributed by atoms with Crippen molar-refractivity contribution >= 4 is 23.1 Å². The van der Waals surface area contributed by atoms with Crippen molar-refractivity contribution in [3.8, 4) is 11.5 Å². The summed E-state index contributed by atoms with van der Waals surface area (Å²) >= 11 is 5.39. The first-order chi connectivity index (χ1) is 12.6. The summed E-state index contributed by atoms with van der Waals surface area (Å²) in [4.78, 5) is 13.4. The minimum Gasteiger partial charge on any atom is -0.457 e. The van der Waals surface area contributed by atoms with Gasteiger partial charge in [-0.15, -0.1) is 0 Å². The second-order valence-electron chi connectivity index (χ2n) is 8.29. The molecule has 2 aromatic rings. The van der Waals surface area contributed by atoms with Crippen LogP contribution in [0.4, 0.5) is 0 Å². The standard InChI is InChI=1S/C23H26O3S/c1-15(27)19(26-21(24)20-22(2,3)23(20,4)5)16-10-9-13-18(14-16)25-17-11-7-6-8-12-17/h6-14,19-20H,1-5H3. The van der Waals surface area contributed by atoms with Gasteiger partial charge < -0.3 is 9.47 Å². The summed E-state index contributed by atoms with van der Waals surface area (Å²) in [5.41, 5.74) is 0.686. The monoisotopic (exact) mass is 382 g/mol. The largest absolute Gasteiger partial charge is 0.457 e. The zero-order chi connectivity index (χ0) is 19.8. The highest BCUT2D eigenvalue weighted by molar-refractivity contribution is 7.80. The normalized spacial score (nSPS) is 18.4. The van der Waals surface area contributed by atoms with Gasteiger partial charge in [0.25, 0.3) is 0 Å². The molecule has 0 saturated heterocycles. The molecule has 0 spiro atoms. The molecule has 0 heterocycles. The lowest BCUT2D eigenvalue weighted by molar-refractivity contribution is -0.149. The van der Waals surface area contributed by atoms with E-state index in [1.165, 1.54) is 0 Å². The molecule has 2 aromatic carbocycles. The third-order valence-corrected chi connectivity index (χ3v) is 6.21. The third kappa shape index (κ3) is 3.77. The quantitative estimate of drug-likeness (QED) is 0.444. The van der Waals surface area contributed by atoms with Crippen LogP contribution in [0.15, 0.2) is 54.6 Å². The van der Waals surface area contributed by atoms with Gasteiger partial charge in [0.1, 0.15) is 11.5 Å². The van der Waals surface area contributed by atoms with Crippen molar-refractivity contribution in [1.82, 2.24) is 0 Å². The van der Waals surface area contributed by atoms with Crippen LogP contribution in [0.2, 0.25) is 0 Å². The minimum atomic E-state index is -0.556. The van der Waals surface area contributed by atoms with Crippen LogP contribution in [0.25, 0.3) is 0 Å². The van der Waals surface area contributed by atoms with E-state index in [9.17, 15) is 4.79 Å². The predicted molar refractivity (Wildman–Crippen MR) is 111 cm³/mol. The lowest BCUT2D eigenvalue weighted by Gasteiger charge is -2.19. The molecular weight excluding hydrogens is 356 g/mol. The fourth-order valence-electron chi connectivity index (χ4n) is 3.72. The molecule has 0 N–H and O–H groups in total. The molecule has 4 heteroatoms. The van der Waals surface area contributed by atoms with E-state index < -0.39 is 6.10 Å². The van der Waals surface area contributed by atoms with Gasteiger partial charge >= 0.3 is 5.97 Å². The topological polar surface area (TPSA) is 35.5 Å². The van der Waals surface area contributed by atoms with Gasteiger partial charge in [0, 0.05) is 10.4 Å². The molecule has 27 heavy (non-hydrogen) atoms. The van der Waals surface area contributed by atoms with Crippen molar-refractivity contribution in [2.24, 2.45) is 16.7 Å². The van der Waals surface area contributed by atoms with Gasteiger partial charge in [0.15, 0.2) is 6.10 Å². The number of benzene rings is 2. The molecule has 1 aliphatic rings. The van der Waals surface area contributed by atoms with Crippen LogP contribution in [0, 0.1) is 16.7 Å². The second kappa shape index (κ2) is 7.08. The summed E-state index contributed by atoms with van der Waals surface area (Å²) in [5.74, 6) is 1.13. The Hall–Kier alpha value is -2.20. The van der Waals surface area contributed by atoms with Gasteiger partial charge in [0.2, 0.25) is 0 Å². The van der Waals surface area contributed by atoms with Crippen molar-refractivity contribution in [1.29, 1.82) is 0 Å². The molecule has 0 aromatic heterocycles. The average molecular weight is 383 g/mol. The third-order valence-electron chi connectivity index (χ3n) is 6.00. The van der Waals surface area contributed by atoms with Crippen molar-refractivity contribution < 1.29 is 14.3 Å². The van der Waals surface area contributed by atoms with Crippen LogP contribution in [-0.2, 0) is 9.53 Å². The maximum atomic E-state index is 12.8. The molecule has 3 nitrogen and oxygen atoms in total. The smallest absolute Gasteiger partial charge is 0.311 e.